The highest BCUT2D eigenvalue weighted by Gasteiger charge is 2.42. The number of rotatable bonds is 29. The number of methoxy groups -OCH3 is 4. The first-order chi connectivity index (χ1) is 40.0. The van der Waals surface area contributed by atoms with Crippen molar-refractivity contribution < 1.29 is 71.5 Å². The second-order valence-electron chi connectivity index (χ2n) is 21.1. The summed E-state index contributed by atoms with van der Waals surface area (Å²) in [7, 11) is 5.99. The van der Waals surface area contributed by atoms with Crippen LogP contribution in [0.25, 0.3) is 0 Å². The Morgan fingerprint density at radius 1 is 0.747 bits per heavy atom. The van der Waals surface area contributed by atoms with Gasteiger partial charge in [-0.2, -0.15) is 10.2 Å². The van der Waals surface area contributed by atoms with Gasteiger partial charge in [0.1, 0.15) is 23.9 Å². The zero-order valence-electron chi connectivity index (χ0n) is 48.3. The summed E-state index contributed by atoms with van der Waals surface area (Å²) in [6.45, 7) is 5.97. The van der Waals surface area contributed by atoms with Crippen LogP contribution in [-0.4, -0.2) is 130 Å². The van der Waals surface area contributed by atoms with Crippen molar-refractivity contribution in [3.8, 4) is 34.5 Å². The molecular formula is C61H75N7O15. The number of nitrogens with zero attached hydrogens (tertiary/aromatic N) is 4. The van der Waals surface area contributed by atoms with Crippen molar-refractivity contribution in [3.05, 3.63) is 95.1 Å². The summed E-state index contributed by atoms with van der Waals surface area (Å²) < 4.78 is 40.1. The van der Waals surface area contributed by atoms with Crippen LogP contribution in [-0.2, 0) is 51.3 Å². The van der Waals surface area contributed by atoms with Gasteiger partial charge in [-0.1, -0.05) is 57.9 Å². The van der Waals surface area contributed by atoms with E-state index < -0.39 is 47.2 Å². The number of hydrogen-bond acceptors (Lipinski definition) is 17. The molecule has 0 saturated carbocycles. The third-order valence-electron chi connectivity index (χ3n) is 15.1. The Kier molecular flexibility index (Phi) is 22.0. The fourth-order valence-corrected chi connectivity index (χ4v) is 9.94. The Bertz CT molecular complexity index is 3030. The van der Waals surface area contributed by atoms with Crippen LogP contribution in [0.1, 0.15) is 125 Å². The largest absolute Gasteiger partial charge is 0.493 e. The first-order valence-electron chi connectivity index (χ1n) is 28.1. The van der Waals surface area contributed by atoms with Gasteiger partial charge in [0.2, 0.25) is 23.3 Å². The SMILES string of the molecule is CCC(C)(C)C(=O)C(=O)N1CCCC[C@H]1C(=O)O[C@H](CCc1ccc(OC)c(OC)c1)c1cccc(OCC(=O)NCCCCCCNC(=O)COc2c(OC)cc(N=Nc3cccc4c3CN(C3CCC(=O)NC3=O)C4=O)cc2OC)c1. The molecule has 1 unspecified atom stereocenters. The molecule has 2 saturated heterocycles. The van der Waals surface area contributed by atoms with Gasteiger partial charge in [0.15, 0.2) is 36.2 Å². The Morgan fingerprint density at radius 2 is 1.42 bits per heavy atom. The number of aryl methyl sites for hydroxylation is 1. The van der Waals surface area contributed by atoms with Crippen LogP contribution in [0, 0.1) is 5.41 Å². The first kappa shape index (κ1) is 62.0. The summed E-state index contributed by atoms with van der Waals surface area (Å²) in [5, 5.41) is 16.8. The van der Waals surface area contributed by atoms with Crippen molar-refractivity contribution in [2.24, 2.45) is 15.6 Å². The lowest BCUT2D eigenvalue weighted by Crippen LogP contribution is -2.53. The Balaban J connectivity index is 0.840. The number of fused-ring (bicyclic) bond motifs is 1. The maximum absolute atomic E-state index is 14.1. The topological polar surface area (TPSA) is 268 Å². The van der Waals surface area contributed by atoms with Crippen LogP contribution in [0.5, 0.6) is 34.5 Å². The molecule has 3 N–H and O–H groups in total. The van der Waals surface area contributed by atoms with E-state index in [0.29, 0.717) is 110 Å². The predicted octanol–water partition coefficient (Wildman–Crippen LogP) is 7.75. The number of nitrogens with one attached hydrogen (secondary N) is 3. The lowest BCUT2D eigenvalue weighted by molar-refractivity contribution is -0.164. The van der Waals surface area contributed by atoms with E-state index in [1.54, 1.807) is 76.6 Å². The van der Waals surface area contributed by atoms with Crippen molar-refractivity contribution in [2.75, 3.05) is 61.3 Å². The number of unbranched alkanes of at least 4 members (excludes halogenated alkanes) is 3. The number of hydrogen-bond donors (Lipinski definition) is 3. The highest BCUT2D eigenvalue weighted by Crippen LogP contribution is 2.42. The molecule has 7 rings (SSSR count). The van der Waals surface area contributed by atoms with Gasteiger partial charge >= 0.3 is 5.97 Å². The third kappa shape index (κ3) is 16.1. The highest BCUT2D eigenvalue weighted by atomic mass is 16.6. The molecule has 0 aliphatic carbocycles. The molecule has 3 aliphatic rings. The smallest absolute Gasteiger partial charge is 0.329 e. The zero-order valence-corrected chi connectivity index (χ0v) is 48.3. The number of benzene rings is 4. The number of carbonyl (C=O) groups is 8. The number of likely N-dealkylation sites (tertiary alicyclic amines) is 1. The molecule has 444 valence electrons. The molecule has 3 aliphatic heterocycles. The molecule has 2 fully saturated rings. The lowest BCUT2D eigenvalue weighted by atomic mass is 9.84. The standard InChI is InChI=1S/C61H75N7O15/c1-8-61(2,3)56(72)59(75)67-30-14-11-21-46(67)60(76)83-47(25-22-38-23-26-48(77-4)49(31-38)78-5)39-17-15-18-41(32-39)81-36-53(70)62-28-12-9-10-13-29-63-54(71)37-82-55-50(79-6)33-40(34-51(55)80-7)65-66-44-20-16-19-42-43(44)35-68(58(42)74)45-24-27-52(69)64-57(45)73/h15-20,23,26,31-34,45-47H,8-14,21-22,24-25,27-30,35-37H2,1-7H3,(H,62,70)(H,63,71)(H,64,69,73)/t45?,46-,47+/m0/s1. The number of carbonyl (C=O) groups excluding carboxylic acids is 8. The fourth-order valence-electron chi connectivity index (χ4n) is 9.94. The molecule has 6 amide bonds. The predicted molar refractivity (Wildman–Crippen MR) is 303 cm³/mol. The molecule has 22 nitrogen and oxygen atoms in total. The third-order valence-corrected chi connectivity index (χ3v) is 15.1. The fraction of sp³-hybridized carbons (Fsp3) is 0.475. The molecule has 4 aromatic rings. The summed E-state index contributed by atoms with van der Waals surface area (Å²) in [4.78, 5) is 107. The van der Waals surface area contributed by atoms with Gasteiger partial charge in [-0.25, -0.2) is 4.79 Å². The van der Waals surface area contributed by atoms with Gasteiger partial charge in [-0.05, 0) is 105 Å². The molecule has 3 heterocycles. The Morgan fingerprint density at radius 3 is 2.08 bits per heavy atom. The van der Waals surface area contributed by atoms with E-state index in [2.05, 4.69) is 26.2 Å². The molecule has 3 atom stereocenters. The van der Waals surface area contributed by atoms with E-state index >= 15 is 0 Å². The van der Waals surface area contributed by atoms with Crippen LogP contribution in [0.2, 0.25) is 0 Å². The van der Waals surface area contributed by atoms with Crippen LogP contribution in [0.4, 0.5) is 11.4 Å². The number of azo groups is 1. The van der Waals surface area contributed by atoms with E-state index in [-0.39, 0.29) is 80.0 Å². The summed E-state index contributed by atoms with van der Waals surface area (Å²) in [5.41, 5.74) is 2.44. The minimum absolute atomic E-state index is 0.130. The van der Waals surface area contributed by atoms with Crippen LogP contribution in [0.15, 0.2) is 83.0 Å². The molecule has 0 bridgehead atoms. The normalized spacial score (nSPS) is 16.3. The van der Waals surface area contributed by atoms with Gasteiger partial charge in [-0.15, -0.1) is 0 Å². The Hall–Kier alpha value is -8.56. The minimum atomic E-state index is -0.918. The summed E-state index contributed by atoms with van der Waals surface area (Å²) in [6, 6.07) is 19.1. The molecule has 0 spiro atoms. The number of imide groups is 1. The number of amides is 6. The average Bonchev–Trinajstić information content (AvgIpc) is 4.13. The quantitative estimate of drug-likeness (QED) is 0.0154. The average molecular weight is 1150 g/mol. The van der Waals surface area contributed by atoms with E-state index in [1.165, 1.54) is 24.0 Å². The van der Waals surface area contributed by atoms with E-state index in [0.717, 1.165) is 18.4 Å². The van der Waals surface area contributed by atoms with Gasteiger partial charge in [0.05, 0.1) is 39.8 Å². The second-order valence-corrected chi connectivity index (χ2v) is 21.1. The van der Waals surface area contributed by atoms with Crippen LogP contribution < -0.4 is 44.4 Å². The number of esters is 1. The van der Waals surface area contributed by atoms with Crippen molar-refractivity contribution in [2.45, 2.75) is 123 Å². The van der Waals surface area contributed by atoms with Crippen molar-refractivity contribution in [1.29, 1.82) is 0 Å². The maximum Gasteiger partial charge on any atom is 0.329 e. The molecule has 0 aromatic heterocycles. The summed E-state index contributed by atoms with van der Waals surface area (Å²) in [5.74, 6) is -1.47. The minimum Gasteiger partial charge on any atom is -0.493 e. The van der Waals surface area contributed by atoms with E-state index in [9.17, 15) is 38.4 Å². The second kappa shape index (κ2) is 29.4. The van der Waals surface area contributed by atoms with Gasteiger partial charge in [0.25, 0.3) is 23.6 Å². The zero-order chi connectivity index (χ0) is 59.6. The lowest BCUT2D eigenvalue weighted by Gasteiger charge is -2.36. The molecular weight excluding hydrogens is 1070 g/mol. The number of ether oxygens (including phenoxy) is 7. The first-order valence-corrected chi connectivity index (χ1v) is 28.1. The number of ketones is 1. The molecule has 4 aromatic carbocycles. The van der Waals surface area contributed by atoms with Crippen molar-refractivity contribution in [1.82, 2.24) is 25.8 Å². The van der Waals surface area contributed by atoms with E-state index in [1.807, 2.05) is 31.2 Å². The molecule has 22 heteroatoms. The highest BCUT2D eigenvalue weighted by molar-refractivity contribution is 6.38. The van der Waals surface area contributed by atoms with Crippen LogP contribution >= 0.6 is 0 Å². The van der Waals surface area contributed by atoms with Crippen LogP contribution in [0.3, 0.4) is 0 Å². The summed E-state index contributed by atoms with van der Waals surface area (Å²) in [6.07, 6.45) is 5.63. The summed E-state index contributed by atoms with van der Waals surface area (Å²) >= 11 is 0. The van der Waals surface area contributed by atoms with E-state index in [4.69, 9.17) is 33.2 Å². The number of Topliss-reactive ketones (excluding diaryl/α,β-unsaturated/α-hetero) is 1. The Labute approximate surface area is 483 Å². The van der Waals surface area contributed by atoms with Crippen molar-refractivity contribution >= 4 is 58.6 Å². The maximum atomic E-state index is 14.1. The van der Waals surface area contributed by atoms with Gasteiger partial charge in [-0.3, -0.25) is 38.9 Å². The number of piperidine rings is 2. The molecule has 0 radical (unpaired) electrons. The molecule has 83 heavy (non-hydrogen) atoms. The monoisotopic (exact) mass is 1150 g/mol. The van der Waals surface area contributed by atoms with Gasteiger partial charge < -0.3 is 53.6 Å². The van der Waals surface area contributed by atoms with Gasteiger partial charge in [0, 0.05) is 61.3 Å². The van der Waals surface area contributed by atoms with Crippen molar-refractivity contribution in [3.63, 3.8) is 0 Å².